The molecule has 0 aromatic carbocycles. The van der Waals surface area contributed by atoms with Gasteiger partial charge in [-0.15, -0.1) is 0 Å². The van der Waals surface area contributed by atoms with E-state index in [0.29, 0.717) is 12.3 Å². The van der Waals surface area contributed by atoms with Crippen LogP contribution in [-0.4, -0.2) is 36.6 Å². The van der Waals surface area contributed by atoms with Crippen molar-refractivity contribution < 1.29 is 19.1 Å². The van der Waals surface area contributed by atoms with E-state index in [1.54, 1.807) is 30.9 Å². The second-order valence-corrected chi connectivity index (χ2v) is 5.00. The fourth-order valence-electron chi connectivity index (χ4n) is 2.07. The standard InChI is InChI=1S/C18H22N2O4/c1-5-14-7-9-16(10-8-15(11-19)18(22)23-4)20(12-14)13(3)17(21)24-6-2/h7-10,12-13H,5-6H2,1-4H3/b15-8+,16-10+. The molecule has 0 saturated carbocycles. The van der Waals surface area contributed by atoms with E-state index in [1.165, 1.54) is 13.2 Å². The lowest BCUT2D eigenvalue weighted by Gasteiger charge is -2.30. The van der Waals surface area contributed by atoms with Crippen LogP contribution in [0.2, 0.25) is 0 Å². The first kappa shape index (κ1) is 19.2. The Morgan fingerprint density at radius 3 is 2.62 bits per heavy atom. The average molecular weight is 330 g/mol. The molecule has 0 radical (unpaired) electrons. The number of esters is 2. The SMILES string of the molecule is CCOC(=O)C(C)N1C=C(CC)C=C/C1=C\C=C(/C#N)C(=O)OC. The van der Waals surface area contributed by atoms with Crippen LogP contribution < -0.4 is 0 Å². The number of carbonyl (C=O) groups excluding carboxylic acids is 2. The molecule has 0 N–H and O–H groups in total. The number of hydrogen-bond acceptors (Lipinski definition) is 6. The van der Waals surface area contributed by atoms with Crippen LogP contribution in [0.3, 0.4) is 0 Å². The Morgan fingerprint density at radius 1 is 1.38 bits per heavy atom. The van der Waals surface area contributed by atoms with Gasteiger partial charge in [0, 0.05) is 11.9 Å². The fraction of sp³-hybridized carbons (Fsp3) is 0.389. The number of ether oxygens (including phenoxy) is 2. The summed E-state index contributed by atoms with van der Waals surface area (Å²) in [5.41, 5.74) is 1.61. The molecule has 1 atom stereocenters. The zero-order chi connectivity index (χ0) is 18.1. The van der Waals surface area contributed by atoms with Crippen molar-refractivity contribution in [3.05, 3.63) is 47.3 Å². The molecule has 6 heteroatoms. The summed E-state index contributed by atoms with van der Waals surface area (Å²) in [6.07, 6.45) is 9.42. The van der Waals surface area contributed by atoms with Crippen LogP contribution in [0.25, 0.3) is 0 Å². The molecule has 0 bridgehead atoms. The summed E-state index contributed by atoms with van der Waals surface area (Å²) in [6, 6.07) is 1.26. The minimum absolute atomic E-state index is 0.118. The van der Waals surface area contributed by atoms with Gasteiger partial charge in [0.15, 0.2) is 0 Å². The zero-order valence-corrected chi connectivity index (χ0v) is 14.4. The van der Waals surface area contributed by atoms with Gasteiger partial charge >= 0.3 is 11.9 Å². The summed E-state index contributed by atoms with van der Waals surface area (Å²) in [7, 11) is 1.21. The van der Waals surface area contributed by atoms with Crippen molar-refractivity contribution >= 4 is 11.9 Å². The zero-order valence-electron chi connectivity index (χ0n) is 14.4. The molecule has 1 rings (SSSR count). The van der Waals surface area contributed by atoms with Gasteiger partial charge < -0.3 is 14.4 Å². The number of nitriles is 1. The highest BCUT2D eigenvalue weighted by molar-refractivity contribution is 5.93. The minimum Gasteiger partial charge on any atom is -0.465 e. The van der Waals surface area contributed by atoms with Gasteiger partial charge in [0.2, 0.25) is 0 Å². The van der Waals surface area contributed by atoms with Crippen LogP contribution in [-0.2, 0) is 19.1 Å². The third-order valence-corrected chi connectivity index (χ3v) is 3.47. The maximum absolute atomic E-state index is 12.0. The Labute approximate surface area is 142 Å². The lowest BCUT2D eigenvalue weighted by Crippen LogP contribution is -2.36. The molecule has 0 aliphatic carbocycles. The Bertz CT molecular complexity index is 650. The Morgan fingerprint density at radius 2 is 2.08 bits per heavy atom. The van der Waals surface area contributed by atoms with Crippen molar-refractivity contribution in [2.75, 3.05) is 13.7 Å². The molecule has 24 heavy (non-hydrogen) atoms. The van der Waals surface area contributed by atoms with Crippen LogP contribution in [0.1, 0.15) is 27.2 Å². The van der Waals surface area contributed by atoms with Gasteiger partial charge in [0.05, 0.1) is 13.7 Å². The summed E-state index contributed by atoms with van der Waals surface area (Å²) in [5.74, 6) is -1.05. The first-order valence-corrected chi connectivity index (χ1v) is 7.72. The predicted octanol–water partition coefficient (Wildman–Crippen LogP) is 2.61. The van der Waals surface area contributed by atoms with Crippen molar-refractivity contribution in [2.45, 2.75) is 33.2 Å². The van der Waals surface area contributed by atoms with Gasteiger partial charge in [-0.2, -0.15) is 5.26 Å². The van der Waals surface area contributed by atoms with Crippen molar-refractivity contribution in [1.82, 2.24) is 4.90 Å². The number of hydrogen-bond donors (Lipinski definition) is 0. The molecule has 0 aromatic rings. The third-order valence-electron chi connectivity index (χ3n) is 3.47. The Balaban J connectivity index is 3.17. The first-order valence-electron chi connectivity index (χ1n) is 7.72. The maximum atomic E-state index is 12.0. The molecule has 1 unspecified atom stereocenters. The van der Waals surface area contributed by atoms with E-state index in [-0.39, 0.29) is 11.5 Å². The monoisotopic (exact) mass is 330 g/mol. The largest absolute Gasteiger partial charge is 0.465 e. The topological polar surface area (TPSA) is 79.6 Å². The molecule has 1 heterocycles. The molecule has 0 fully saturated rings. The van der Waals surface area contributed by atoms with E-state index in [4.69, 9.17) is 10.00 Å². The summed E-state index contributed by atoms with van der Waals surface area (Å²) >= 11 is 0. The Hall–Kier alpha value is -2.81. The van der Waals surface area contributed by atoms with Crippen molar-refractivity contribution in [3.8, 4) is 6.07 Å². The minimum atomic E-state index is -0.705. The highest BCUT2D eigenvalue weighted by atomic mass is 16.5. The van der Waals surface area contributed by atoms with Gasteiger partial charge in [0.1, 0.15) is 17.7 Å². The quantitative estimate of drug-likeness (QED) is 0.423. The van der Waals surface area contributed by atoms with Crippen molar-refractivity contribution in [1.29, 1.82) is 5.26 Å². The van der Waals surface area contributed by atoms with Crippen molar-refractivity contribution in [3.63, 3.8) is 0 Å². The van der Waals surface area contributed by atoms with E-state index in [9.17, 15) is 9.59 Å². The molecule has 1 aliphatic rings. The highest BCUT2D eigenvalue weighted by Crippen LogP contribution is 2.22. The summed E-state index contributed by atoms with van der Waals surface area (Å²) in [6.45, 7) is 5.81. The van der Waals surface area contributed by atoms with E-state index in [1.807, 2.05) is 25.3 Å². The maximum Gasteiger partial charge on any atom is 0.348 e. The molecule has 1 aliphatic heterocycles. The predicted molar refractivity (Wildman–Crippen MR) is 89.2 cm³/mol. The van der Waals surface area contributed by atoms with E-state index >= 15 is 0 Å². The van der Waals surface area contributed by atoms with Crippen LogP contribution in [0.4, 0.5) is 0 Å². The van der Waals surface area contributed by atoms with E-state index < -0.39 is 12.0 Å². The number of allylic oxidation sites excluding steroid dienone is 5. The second kappa shape index (κ2) is 9.36. The number of nitrogens with zero attached hydrogens (tertiary/aromatic N) is 2. The summed E-state index contributed by atoms with van der Waals surface area (Å²) in [4.78, 5) is 25.3. The summed E-state index contributed by atoms with van der Waals surface area (Å²) < 4.78 is 9.62. The summed E-state index contributed by atoms with van der Waals surface area (Å²) in [5, 5.41) is 9.00. The average Bonchev–Trinajstić information content (AvgIpc) is 2.61. The smallest absolute Gasteiger partial charge is 0.348 e. The third kappa shape index (κ3) is 4.85. The fourth-order valence-corrected chi connectivity index (χ4v) is 2.07. The molecule has 0 spiro atoms. The number of rotatable bonds is 6. The number of methoxy groups -OCH3 is 1. The molecule has 0 saturated heterocycles. The van der Waals surface area contributed by atoms with Gasteiger partial charge in [-0.25, -0.2) is 9.59 Å². The lowest BCUT2D eigenvalue weighted by atomic mass is 10.1. The van der Waals surface area contributed by atoms with Crippen molar-refractivity contribution in [2.24, 2.45) is 0 Å². The van der Waals surface area contributed by atoms with Gasteiger partial charge in [0.25, 0.3) is 0 Å². The molecule has 6 nitrogen and oxygen atoms in total. The molecule has 0 amide bonds. The van der Waals surface area contributed by atoms with Crippen LogP contribution in [0.5, 0.6) is 0 Å². The molecular weight excluding hydrogens is 308 g/mol. The molecule has 0 aromatic heterocycles. The van der Waals surface area contributed by atoms with Crippen LogP contribution in [0.15, 0.2) is 47.3 Å². The first-order chi connectivity index (χ1) is 11.5. The van der Waals surface area contributed by atoms with E-state index in [2.05, 4.69) is 4.74 Å². The molecular formula is C18H22N2O4. The normalized spacial score (nSPS) is 17.1. The van der Waals surface area contributed by atoms with Crippen LogP contribution >= 0.6 is 0 Å². The van der Waals surface area contributed by atoms with Gasteiger partial charge in [-0.1, -0.05) is 13.0 Å². The van der Waals surface area contributed by atoms with E-state index in [0.717, 1.165) is 12.0 Å². The Kier molecular flexibility index (Phi) is 7.50. The number of carbonyl (C=O) groups is 2. The second-order valence-electron chi connectivity index (χ2n) is 5.00. The van der Waals surface area contributed by atoms with Gasteiger partial charge in [-0.05, 0) is 44.1 Å². The molecule has 128 valence electrons. The lowest BCUT2D eigenvalue weighted by molar-refractivity contribution is -0.147. The van der Waals surface area contributed by atoms with Crippen LogP contribution in [0, 0.1) is 11.3 Å². The highest BCUT2D eigenvalue weighted by Gasteiger charge is 2.24. The van der Waals surface area contributed by atoms with Gasteiger partial charge in [-0.3, -0.25) is 0 Å².